The van der Waals surface area contributed by atoms with Crippen molar-refractivity contribution in [3.05, 3.63) is 90.5 Å². The van der Waals surface area contributed by atoms with Crippen molar-refractivity contribution < 1.29 is 0 Å². The number of hydrogen-bond donors (Lipinski definition) is 0. The van der Waals surface area contributed by atoms with Crippen LogP contribution < -0.4 is 0 Å². The lowest BCUT2D eigenvalue weighted by atomic mass is 9.95. The van der Waals surface area contributed by atoms with Crippen LogP contribution in [0.3, 0.4) is 0 Å². The molecule has 0 nitrogen and oxygen atoms in total. The molecule has 0 bridgehead atoms. The quantitative estimate of drug-likeness (QED) is 0.285. The van der Waals surface area contributed by atoms with Crippen LogP contribution in [0.2, 0.25) is 0 Å². The van der Waals surface area contributed by atoms with Gasteiger partial charge in [-0.2, -0.15) is 0 Å². The highest BCUT2D eigenvalue weighted by molar-refractivity contribution is 6.12. The van der Waals surface area contributed by atoms with Crippen LogP contribution in [0.1, 0.15) is 12.0 Å². The first-order valence-corrected chi connectivity index (χ1v) is 8.02. The van der Waals surface area contributed by atoms with Gasteiger partial charge in [0.1, 0.15) is 0 Å². The molecular weight excluding hydrogens is 276 g/mol. The molecule has 1 aliphatic carbocycles. The molecule has 4 aromatic carbocycles. The number of rotatable bonds is 1. The predicted molar refractivity (Wildman–Crippen MR) is 99.5 cm³/mol. The van der Waals surface area contributed by atoms with Crippen LogP contribution in [0.4, 0.5) is 0 Å². The van der Waals surface area contributed by atoms with E-state index in [9.17, 15) is 0 Å². The van der Waals surface area contributed by atoms with Crippen molar-refractivity contribution in [3.8, 4) is 0 Å². The summed E-state index contributed by atoms with van der Waals surface area (Å²) in [5, 5.41) is 7.62. The van der Waals surface area contributed by atoms with Crippen LogP contribution in [0, 0.1) is 6.07 Å². The first-order valence-electron chi connectivity index (χ1n) is 8.02. The summed E-state index contributed by atoms with van der Waals surface area (Å²) in [5.41, 5.74) is 2.56. The van der Waals surface area contributed by atoms with Crippen molar-refractivity contribution >= 4 is 37.9 Å². The van der Waals surface area contributed by atoms with Crippen molar-refractivity contribution in [2.75, 3.05) is 0 Å². The minimum atomic E-state index is 1.01. The Hall–Kier alpha value is -2.86. The molecule has 0 heteroatoms. The summed E-state index contributed by atoms with van der Waals surface area (Å²) in [5.74, 6) is 0. The van der Waals surface area contributed by atoms with Gasteiger partial charge in [-0.15, -0.1) is 0 Å². The van der Waals surface area contributed by atoms with Crippen LogP contribution in [-0.4, -0.2) is 0 Å². The Balaban J connectivity index is 1.85. The molecule has 0 saturated carbocycles. The van der Waals surface area contributed by atoms with Crippen molar-refractivity contribution in [1.29, 1.82) is 0 Å². The van der Waals surface area contributed by atoms with E-state index in [1.54, 1.807) is 0 Å². The minimum Gasteiger partial charge on any atom is -0.0801 e. The maximum Gasteiger partial charge on any atom is -0.00111 e. The van der Waals surface area contributed by atoms with Crippen molar-refractivity contribution in [2.24, 2.45) is 0 Å². The first kappa shape index (κ1) is 12.7. The van der Waals surface area contributed by atoms with Gasteiger partial charge in [-0.3, -0.25) is 0 Å². The second kappa shape index (κ2) is 4.82. The van der Waals surface area contributed by atoms with E-state index in [2.05, 4.69) is 85.0 Å². The van der Waals surface area contributed by atoms with E-state index in [1.807, 2.05) is 0 Å². The van der Waals surface area contributed by atoms with E-state index >= 15 is 0 Å². The monoisotopic (exact) mass is 291 g/mol. The molecule has 0 spiro atoms. The second-order valence-corrected chi connectivity index (χ2v) is 6.15. The topological polar surface area (TPSA) is 0 Å². The molecule has 0 fully saturated rings. The molecule has 0 aliphatic heterocycles. The van der Waals surface area contributed by atoms with E-state index in [0.717, 1.165) is 6.42 Å². The zero-order valence-corrected chi connectivity index (χ0v) is 12.7. The van der Waals surface area contributed by atoms with E-state index in [0.29, 0.717) is 0 Å². The minimum absolute atomic E-state index is 1.01. The fourth-order valence-corrected chi connectivity index (χ4v) is 3.49. The molecular formula is C23H15. The molecule has 107 valence electrons. The van der Waals surface area contributed by atoms with Gasteiger partial charge in [0.25, 0.3) is 0 Å². The highest BCUT2D eigenvalue weighted by Crippen LogP contribution is 2.32. The van der Waals surface area contributed by atoms with Gasteiger partial charge in [-0.05, 0) is 68.1 Å². The van der Waals surface area contributed by atoms with E-state index in [4.69, 9.17) is 0 Å². The number of allylic oxidation sites excluding steroid dienone is 4. The lowest BCUT2D eigenvalue weighted by Gasteiger charge is -2.09. The Morgan fingerprint density at radius 3 is 2.35 bits per heavy atom. The first-order chi connectivity index (χ1) is 11.4. The lowest BCUT2D eigenvalue weighted by Crippen LogP contribution is -1.85. The Morgan fingerprint density at radius 2 is 1.52 bits per heavy atom. The molecule has 0 saturated heterocycles. The zero-order chi connectivity index (χ0) is 15.2. The zero-order valence-electron chi connectivity index (χ0n) is 12.7. The highest BCUT2D eigenvalue weighted by atomic mass is 14.1. The van der Waals surface area contributed by atoms with Gasteiger partial charge in [0.2, 0.25) is 0 Å². The smallest absolute Gasteiger partial charge is 0.00111 e. The standard InChI is InChI=1S/C23H15/c1-2-6-16(5-1)20-11-9-17-10-12-21-13-18-7-3-4-8-19(18)14-23(21)22(17)15-20/h1-5,7-14H,6H2. The van der Waals surface area contributed by atoms with Gasteiger partial charge in [-0.1, -0.05) is 66.8 Å². The average Bonchev–Trinajstić information content (AvgIpc) is 3.14. The maximum absolute atomic E-state index is 3.67. The average molecular weight is 291 g/mol. The molecule has 0 N–H and O–H groups in total. The molecule has 5 rings (SSSR count). The Bertz CT molecular complexity index is 1130. The van der Waals surface area contributed by atoms with E-state index in [-0.39, 0.29) is 0 Å². The number of fused-ring (bicyclic) bond motifs is 4. The molecule has 0 unspecified atom stereocenters. The van der Waals surface area contributed by atoms with Gasteiger partial charge < -0.3 is 0 Å². The Kier molecular flexibility index (Phi) is 2.65. The fraction of sp³-hybridized carbons (Fsp3) is 0.0435. The van der Waals surface area contributed by atoms with Gasteiger partial charge in [0.15, 0.2) is 0 Å². The third-order valence-corrected chi connectivity index (χ3v) is 4.72. The molecule has 4 aromatic rings. The molecule has 23 heavy (non-hydrogen) atoms. The van der Waals surface area contributed by atoms with Crippen molar-refractivity contribution in [3.63, 3.8) is 0 Å². The van der Waals surface area contributed by atoms with Crippen LogP contribution >= 0.6 is 0 Å². The lowest BCUT2D eigenvalue weighted by molar-refractivity contribution is 1.44. The summed E-state index contributed by atoms with van der Waals surface area (Å²) in [6.07, 6.45) is 7.53. The van der Waals surface area contributed by atoms with Crippen LogP contribution in [-0.2, 0) is 0 Å². The fourth-order valence-electron chi connectivity index (χ4n) is 3.49. The normalized spacial score (nSPS) is 14.0. The van der Waals surface area contributed by atoms with Crippen molar-refractivity contribution in [2.45, 2.75) is 6.42 Å². The molecule has 1 aliphatic rings. The number of hydrogen-bond acceptors (Lipinski definition) is 0. The number of benzene rings is 4. The summed E-state index contributed by atoms with van der Waals surface area (Å²) in [4.78, 5) is 0. The molecule has 0 atom stereocenters. The highest BCUT2D eigenvalue weighted by Gasteiger charge is 2.08. The van der Waals surface area contributed by atoms with Crippen LogP contribution in [0.25, 0.3) is 37.9 Å². The summed E-state index contributed by atoms with van der Waals surface area (Å²) < 4.78 is 0. The summed E-state index contributed by atoms with van der Waals surface area (Å²) in [7, 11) is 0. The Labute approximate surface area is 135 Å². The molecule has 0 aromatic heterocycles. The predicted octanol–water partition coefficient (Wildman–Crippen LogP) is 6.29. The molecule has 0 heterocycles. The van der Waals surface area contributed by atoms with E-state index in [1.165, 1.54) is 43.5 Å². The van der Waals surface area contributed by atoms with Gasteiger partial charge in [0, 0.05) is 0 Å². The Morgan fingerprint density at radius 1 is 0.739 bits per heavy atom. The summed E-state index contributed by atoms with van der Waals surface area (Å²) >= 11 is 0. The van der Waals surface area contributed by atoms with Gasteiger partial charge in [0.05, 0.1) is 0 Å². The van der Waals surface area contributed by atoms with Gasteiger partial charge >= 0.3 is 0 Å². The summed E-state index contributed by atoms with van der Waals surface area (Å²) in [6.45, 7) is 0. The SMILES string of the molecule is [c]1c(C2=CC=CC2)ccc2ccc3cc4ccccc4cc3c12. The molecule has 0 amide bonds. The third-order valence-electron chi connectivity index (χ3n) is 4.72. The summed E-state index contributed by atoms with van der Waals surface area (Å²) in [6, 6.07) is 25.6. The maximum atomic E-state index is 3.67. The van der Waals surface area contributed by atoms with Crippen LogP contribution in [0.15, 0.2) is 78.9 Å². The van der Waals surface area contributed by atoms with Crippen molar-refractivity contribution in [1.82, 2.24) is 0 Å². The van der Waals surface area contributed by atoms with Crippen LogP contribution in [0.5, 0.6) is 0 Å². The van der Waals surface area contributed by atoms with Gasteiger partial charge in [-0.25, -0.2) is 0 Å². The second-order valence-electron chi connectivity index (χ2n) is 6.15. The molecule has 1 radical (unpaired) electrons. The third kappa shape index (κ3) is 1.99. The largest absolute Gasteiger partial charge is 0.0801 e. The van der Waals surface area contributed by atoms with E-state index < -0.39 is 0 Å².